The summed E-state index contributed by atoms with van der Waals surface area (Å²) in [5.41, 5.74) is 1.32. The van der Waals surface area contributed by atoms with E-state index in [2.05, 4.69) is 15.5 Å². The Balaban J connectivity index is 1.47. The number of amides is 2. The van der Waals surface area contributed by atoms with Gasteiger partial charge in [0.1, 0.15) is 16.8 Å². The van der Waals surface area contributed by atoms with Gasteiger partial charge in [-0.15, -0.1) is 10.2 Å². The number of methoxy groups -OCH3 is 1. The predicted octanol–water partition coefficient (Wildman–Crippen LogP) is 4.11. The lowest BCUT2D eigenvalue weighted by Crippen LogP contribution is -2.43. The number of ether oxygens (including phenoxy) is 1. The van der Waals surface area contributed by atoms with Crippen LogP contribution < -0.4 is 10.1 Å². The Morgan fingerprint density at radius 2 is 2.03 bits per heavy atom. The van der Waals surface area contributed by atoms with E-state index in [1.54, 1.807) is 48.4 Å². The normalized spacial score (nSPS) is 15.8. The molecule has 0 saturated carbocycles. The van der Waals surface area contributed by atoms with Crippen molar-refractivity contribution in [2.24, 2.45) is 0 Å². The zero-order chi connectivity index (χ0) is 21.1. The summed E-state index contributed by atoms with van der Waals surface area (Å²) in [7, 11) is 1.55. The Hall–Kier alpha value is -2.97. The van der Waals surface area contributed by atoms with Crippen LogP contribution >= 0.6 is 22.9 Å². The van der Waals surface area contributed by atoms with E-state index in [-0.39, 0.29) is 11.8 Å². The molecule has 7 nitrogen and oxygen atoms in total. The van der Waals surface area contributed by atoms with Gasteiger partial charge < -0.3 is 9.64 Å². The fourth-order valence-electron chi connectivity index (χ4n) is 3.40. The van der Waals surface area contributed by atoms with Crippen molar-refractivity contribution in [2.75, 3.05) is 19.0 Å². The highest BCUT2D eigenvalue weighted by Gasteiger charge is 2.35. The lowest BCUT2D eigenvalue weighted by atomic mass is 10.1. The van der Waals surface area contributed by atoms with Gasteiger partial charge in [0.05, 0.1) is 7.11 Å². The molecule has 9 heteroatoms. The predicted molar refractivity (Wildman–Crippen MR) is 116 cm³/mol. The maximum absolute atomic E-state index is 13.0. The summed E-state index contributed by atoms with van der Waals surface area (Å²) in [6.45, 7) is 0.526. The molecule has 0 spiro atoms. The van der Waals surface area contributed by atoms with Crippen LogP contribution in [0.1, 0.15) is 23.2 Å². The lowest BCUT2D eigenvalue weighted by molar-refractivity contribution is -0.119. The number of carbonyl (C=O) groups excluding carboxylic acids is 2. The van der Waals surface area contributed by atoms with Gasteiger partial charge >= 0.3 is 0 Å². The number of benzene rings is 2. The van der Waals surface area contributed by atoms with E-state index in [4.69, 9.17) is 16.3 Å². The van der Waals surface area contributed by atoms with Gasteiger partial charge in [0, 0.05) is 22.7 Å². The molecule has 1 unspecified atom stereocenters. The monoisotopic (exact) mass is 442 g/mol. The zero-order valence-corrected chi connectivity index (χ0v) is 17.7. The topological polar surface area (TPSA) is 84.4 Å². The Morgan fingerprint density at radius 1 is 1.20 bits per heavy atom. The number of nitrogens with one attached hydrogen (secondary N) is 1. The number of aromatic nitrogens is 2. The highest BCUT2D eigenvalue weighted by atomic mass is 35.5. The van der Waals surface area contributed by atoms with E-state index in [1.165, 1.54) is 11.3 Å². The molecule has 1 fully saturated rings. The quantitative estimate of drug-likeness (QED) is 0.642. The van der Waals surface area contributed by atoms with Crippen molar-refractivity contribution in [1.82, 2.24) is 15.1 Å². The molecule has 3 aromatic rings. The zero-order valence-electron chi connectivity index (χ0n) is 16.2. The van der Waals surface area contributed by atoms with E-state index in [9.17, 15) is 9.59 Å². The van der Waals surface area contributed by atoms with Crippen molar-refractivity contribution in [3.05, 3.63) is 59.1 Å². The van der Waals surface area contributed by atoms with Crippen LogP contribution in [0, 0.1) is 0 Å². The highest BCUT2D eigenvalue weighted by molar-refractivity contribution is 7.18. The first-order valence-electron chi connectivity index (χ1n) is 9.40. The van der Waals surface area contributed by atoms with Crippen LogP contribution in [0.15, 0.2) is 48.5 Å². The Morgan fingerprint density at radius 3 is 2.83 bits per heavy atom. The molecule has 1 aliphatic rings. The minimum absolute atomic E-state index is 0.191. The SMILES string of the molecule is COc1cccc(C(=O)N2CCCC2C(=O)Nc2nnc(-c3cccc(Cl)c3)s2)c1. The van der Waals surface area contributed by atoms with Crippen LogP contribution in [0.25, 0.3) is 10.6 Å². The van der Waals surface area contributed by atoms with Crippen molar-refractivity contribution in [1.29, 1.82) is 0 Å². The minimum Gasteiger partial charge on any atom is -0.497 e. The Labute approximate surface area is 182 Å². The summed E-state index contributed by atoms with van der Waals surface area (Å²) in [5, 5.41) is 12.6. The standard InChI is InChI=1S/C21H19ClN4O3S/c1-29-16-8-3-6-14(12-16)20(28)26-10-4-9-17(26)18(27)23-21-25-24-19(30-21)13-5-2-7-15(22)11-13/h2-3,5-8,11-12,17H,4,9-10H2,1H3,(H,23,25,27). The Kier molecular flexibility index (Phi) is 5.96. The van der Waals surface area contributed by atoms with Gasteiger partial charge in [0.2, 0.25) is 11.0 Å². The molecule has 1 aliphatic heterocycles. The summed E-state index contributed by atoms with van der Waals surface area (Å²) in [6.07, 6.45) is 1.36. The number of likely N-dealkylation sites (tertiary alicyclic amines) is 1. The number of halogens is 1. The summed E-state index contributed by atoms with van der Waals surface area (Å²) in [6, 6.07) is 13.7. The number of hydrogen-bond acceptors (Lipinski definition) is 6. The van der Waals surface area contributed by atoms with Gasteiger partial charge in [-0.2, -0.15) is 0 Å². The lowest BCUT2D eigenvalue weighted by Gasteiger charge is -2.23. The molecule has 30 heavy (non-hydrogen) atoms. The van der Waals surface area contributed by atoms with Crippen LogP contribution in [0.3, 0.4) is 0 Å². The number of rotatable bonds is 5. The van der Waals surface area contributed by atoms with E-state index >= 15 is 0 Å². The fraction of sp³-hybridized carbons (Fsp3) is 0.238. The van der Waals surface area contributed by atoms with Crippen molar-refractivity contribution in [3.63, 3.8) is 0 Å². The van der Waals surface area contributed by atoms with Gasteiger partial charge in [0.25, 0.3) is 5.91 Å². The molecular weight excluding hydrogens is 424 g/mol. The van der Waals surface area contributed by atoms with Crippen LogP contribution in [-0.2, 0) is 4.79 Å². The average molecular weight is 443 g/mol. The molecule has 1 aromatic heterocycles. The number of hydrogen-bond donors (Lipinski definition) is 1. The molecule has 2 amide bonds. The molecule has 1 saturated heterocycles. The molecule has 1 N–H and O–H groups in total. The highest BCUT2D eigenvalue weighted by Crippen LogP contribution is 2.29. The molecule has 0 radical (unpaired) electrons. The van der Waals surface area contributed by atoms with Crippen LogP contribution in [0.5, 0.6) is 5.75 Å². The second kappa shape index (κ2) is 8.81. The first-order chi connectivity index (χ1) is 14.5. The summed E-state index contributed by atoms with van der Waals surface area (Å²) < 4.78 is 5.19. The van der Waals surface area contributed by atoms with Crippen molar-refractivity contribution in [2.45, 2.75) is 18.9 Å². The van der Waals surface area contributed by atoms with E-state index in [0.29, 0.717) is 39.4 Å². The van der Waals surface area contributed by atoms with Crippen LogP contribution in [0.2, 0.25) is 5.02 Å². The third-order valence-corrected chi connectivity index (χ3v) is 5.98. The molecule has 154 valence electrons. The number of anilines is 1. The van der Waals surface area contributed by atoms with Gasteiger partial charge in [-0.25, -0.2) is 0 Å². The van der Waals surface area contributed by atoms with Gasteiger partial charge in [-0.1, -0.05) is 41.1 Å². The largest absolute Gasteiger partial charge is 0.497 e. The average Bonchev–Trinajstić information content (AvgIpc) is 3.43. The van der Waals surface area contributed by atoms with Crippen molar-refractivity contribution in [3.8, 4) is 16.3 Å². The number of carbonyl (C=O) groups is 2. The maximum atomic E-state index is 13.0. The third-order valence-electron chi connectivity index (χ3n) is 4.86. The van der Waals surface area contributed by atoms with Crippen molar-refractivity contribution < 1.29 is 14.3 Å². The van der Waals surface area contributed by atoms with E-state index < -0.39 is 6.04 Å². The summed E-state index contributed by atoms with van der Waals surface area (Å²) >= 11 is 7.29. The smallest absolute Gasteiger partial charge is 0.254 e. The summed E-state index contributed by atoms with van der Waals surface area (Å²) in [4.78, 5) is 27.4. The van der Waals surface area contributed by atoms with E-state index in [0.717, 1.165) is 12.0 Å². The van der Waals surface area contributed by atoms with Crippen LogP contribution in [0.4, 0.5) is 5.13 Å². The fourth-order valence-corrected chi connectivity index (χ4v) is 4.34. The van der Waals surface area contributed by atoms with Gasteiger partial charge in [-0.3, -0.25) is 14.9 Å². The number of nitrogens with zero attached hydrogens (tertiary/aromatic N) is 3. The molecule has 2 heterocycles. The van der Waals surface area contributed by atoms with Crippen molar-refractivity contribution >= 4 is 39.9 Å². The second-order valence-electron chi connectivity index (χ2n) is 6.80. The van der Waals surface area contributed by atoms with Crippen LogP contribution in [-0.4, -0.2) is 46.6 Å². The summed E-state index contributed by atoms with van der Waals surface area (Å²) in [5.74, 6) is 0.143. The molecule has 1 atom stereocenters. The molecule has 0 bridgehead atoms. The molecule has 2 aromatic carbocycles. The first-order valence-corrected chi connectivity index (χ1v) is 10.6. The Bertz CT molecular complexity index is 1090. The molecular formula is C21H19ClN4O3S. The van der Waals surface area contributed by atoms with Gasteiger partial charge in [-0.05, 0) is 43.2 Å². The first kappa shape index (κ1) is 20.3. The minimum atomic E-state index is -0.553. The third kappa shape index (κ3) is 4.29. The maximum Gasteiger partial charge on any atom is 0.254 e. The van der Waals surface area contributed by atoms with E-state index in [1.807, 2.05) is 12.1 Å². The van der Waals surface area contributed by atoms with Gasteiger partial charge in [0.15, 0.2) is 0 Å². The second-order valence-corrected chi connectivity index (χ2v) is 8.21. The molecule has 4 rings (SSSR count). The molecule has 0 aliphatic carbocycles.